The summed E-state index contributed by atoms with van der Waals surface area (Å²) < 4.78 is 25.9. The van der Waals surface area contributed by atoms with Crippen molar-refractivity contribution in [2.75, 3.05) is 18.4 Å². The van der Waals surface area contributed by atoms with Crippen LogP contribution in [0.2, 0.25) is 0 Å². The summed E-state index contributed by atoms with van der Waals surface area (Å²) in [6.07, 6.45) is -0.418. The van der Waals surface area contributed by atoms with Gasteiger partial charge in [0.05, 0.1) is 12.6 Å². The lowest BCUT2D eigenvalue weighted by molar-refractivity contribution is -0.123. The van der Waals surface area contributed by atoms with E-state index in [2.05, 4.69) is 16.0 Å². The van der Waals surface area contributed by atoms with Crippen LogP contribution in [0.5, 0.6) is 0 Å². The number of hydrogen-bond acceptors (Lipinski definition) is 3. The van der Waals surface area contributed by atoms with Gasteiger partial charge < -0.3 is 10.6 Å². The molecule has 122 valence electrons. The van der Waals surface area contributed by atoms with E-state index in [1.54, 1.807) is 24.3 Å². The zero-order valence-electron chi connectivity index (χ0n) is 11.8. The number of rotatable bonds is 5. The van der Waals surface area contributed by atoms with Gasteiger partial charge >= 0.3 is 0 Å². The molecule has 0 aliphatic carbocycles. The van der Waals surface area contributed by atoms with Gasteiger partial charge in [0.2, 0.25) is 11.8 Å². The number of carbonyl (C=O) groups is 2. The molecule has 0 spiro atoms. The lowest BCUT2D eigenvalue weighted by atomic mass is 10.2. The summed E-state index contributed by atoms with van der Waals surface area (Å²) >= 11 is 0. The molecule has 2 rings (SSSR count). The van der Waals surface area contributed by atoms with E-state index in [1.165, 1.54) is 0 Å². The fourth-order valence-electron chi connectivity index (χ4n) is 2.07. The molecule has 1 unspecified atom stereocenters. The maximum Gasteiger partial charge on any atom is 0.262 e. The Morgan fingerprint density at radius 3 is 2.55 bits per heavy atom. The van der Waals surface area contributed by atoms with Gasteiger partial charge in [-0.25, -0.2) is 8.78 Å². The Morgan fingerprint density at radius 2 is 1.95 bits per heavy atom. The van der Waals surface area contributed by atoms with Gasteiger partial charge in [0.1, 0.15) is 0 Å². The number of carbonyl (C=O) groups excluding carboxylic acids is 2. The Labute approximate surface area is 133 Å². The molecule has 0 aromatic heterocycles. The number of nitrogens with one attached hydrogen (secondary N) is 3. The molecular formula is C14H18ClF2N3O2. The normalized spacial score (nSPS) is 19.1. The van der Waals surface area contributed by atoms with Crippen LogP contribution in [0.4, 0.5) is 14.5 Å². The van der Waals surface area contributed by atoms with Crippen LogP contribution in [0, 0.1) is 0 Å². The van der Waals surface area contributed by atoms with Crippen LogP contribution < -0.4 is 16.0 Å². The molecule has 1 atom stereocenters. The summed E-state index contributed by atoms with van der Waals surface area (Å²) in [5.41, 5.74) is 0.672. The SMILES string of the molecule is Cl.O=C(CCNC(=O)C1CC(F)(F)CN1)Nc1ccccc1. The van der Waals surface area contributed by atoms with Crippen molar-refractivity contribution in [2.45, 2.75) is 24.8 Å². The predicted molar refractivity (Wildman–Crippen MR) is 81.3 cm³/mol. The summed E-state index contributed by atoms with van der Waals surface area (Å²) in [6.45, 7) is -0.374. The molecule has 1 fully saturated rings. The van der Waals surface area contributed by atoms with Crippen LogP contribution in [0.25, 0.3) is 0 Å². The van der Waals surface area contributed by atoms with Gasteiger partial charge in [-0.3, -0.25) is 14.9 Å². The Morgan fingerprint density at radius 1 is 1.27 bits per heavy atom. The molecule has 0 saturated carbocycles. The molecule has 0 radical (unpaired) electrons. The lowest BCUT2D eigenvalue weighted by Gasteiger charge is -2.11. The third-order valence-corrected chi connectivity index (χ3v) is 3.14. The van der Waals surface area contributed by atoms with Gasteiger partial charge in [0.25, 0.3) is 5.92 Å². The molecular weight excluding hydrogens is 316 g/mol. The summed E-state index contributed by atoms with van der Waals surface area (Å²) in [6, 6.07) is 8.03. The minimum atomic E-state index is -2.84. The number of para-hydroxylation sites is 1. The molecule has 1 heterocycles. The molecule has 5 nitrogen and oxygen atoms in total. The van der Waals surface area contributed by atoms with Crippen LogP contribution in [-0.2, 0) is 9.59 Å². The first kappa shape index (κ1) is 18.3. The molecule has 1 aromatic carbocycles. The van der Waals surface area contributed by atoms with Crippen molar-refractivity contribution >= 4 is 29.9 Å². The number of alkyl halides is 2. The summed E-state index contributed by atoms with van der Waals surface area (Å²) in [7, 11) is 0. The van der Waals surface area contributed by atoms with Crippen molar-refractivity contribution < 1.29 is 18.4 Å². The van der Waals surface area contributed by atoms with Gasteiger partial charge in [-0.2, -0.15) is 0 Å². The Hall–Kier alpha value is -1.73. The van der Waals surface area contributed by atoms with Gasteiger partial charge in [-0.15, -0.1) is 12.4 Å². The minimum Gasteiger partial charge on any atom is -0.354 e. The third-order valence-electron chi connectivity index (χ3n) is 3.14. The van der Waals surface area contributed by atoms with Gasteiger partial charge in [-0.1, -0.05) is 18.2 Å². The van der Waals surface area contributed by atoms with Crippen LogP contribution >= 0.6 is 12.4 Å². The van der Waals surface area contributed by atoms with Crippen molar-refractivity contribution in [3.63, 3.8) is 0 Å². The van der Waals surface area contributed by atoms with E-state index >= 15 is 0 Å². The van der Waals surface area contributed by atoms with E-state index in [0.29, 0.717) is 5.69 Å². The van der Waals surface area contributed by atoms with Gasteiger partial charge in [0.15, 0.2) is 0 Å². The van der Waals surface area contributed by atoms with Crippen LogP contribution in [0.15, 0.2) is 30.3 Å². The average Bonchev–Trinajstić information content (AvgIpc) is 2.80. The van der Waals surface area contributed by atoms with E-state index in [4.69, 9.17) is 0 Å². The van der Waals surface area contributed by atoms with Crippen LogP contribution in [0.1, 0.15) is 12.8 Å². The van der Waals surface area contributed by atoms with Crippen LogP contribution in [0.3, 0.4) is 0 Å². The molecule has 2 amide bonds. The van der Waals surface area contributed by atoms with Crippen molar-refractivity contribution in [3.8, 4) is 0 Å². The highest BCUT2D eigenvalue weighted by Gasteiger charge is 2.42. The summed E-state index contributed by atoms with van der Waals surface area (Å²) in [5.74, 6) is -3.59. The molecule has 3 N–H and O–H groups in total. The highest BCUT2D eigenvalue weighted by atomic mass is 35.5. The Bertz CT molecular complexity index is 514. The van der Waals surface area contributed by atoms with E-state index in [1.807, 2.05) is 6.07 Å². The lowest BCUT2D eigenvalue weighted by Crippen LogP contribution is -2.41. The highest BCUT2D eigenvalue weighted by molar-refractivity contribution is 5.91. The average molecular weight is 334 g/mol. The van der Waals surface area contributed by atoms with E-state index in [9.17, 15) is 18.4 Å². The molecule has 1 aliphatic rings. The predicted octanol–water partition coefficient (Wildman–Crippen LogP) is 1.55. The summed E-state index contributed by atoms with van der Waals surface area (Å²) in [5, 5.41) is 7.62. The molecule has 1 saturated heterocycles. The van der Waals surface area contributed by atoms with E-state index < -0.39 is 30.8 Å². The van der Waals surface area contributed by atoms with E-state index in [0.717, 1.165) is 0 Å². The fourth-order valence-corrected chi connectivity index (χ4v) is 2.07. The second-order valence-electron chi connectivity index (χ2n) is 4.95. The zero-order valence-corrected chi connectivity index (χ0v) is 12.6. The number of amides is 2. The second-order valence-corrected chi connectivity index (χ2v) is 4.95. The second kappa shape index (κ2) is 8.05. The molecule has 22 heavy (non-hydrogen) atoms. The Balaban J connectivity index is 0.00000242. The molecule has 8 heteroatoms. The molecule has 1 aromatic rings. The topological polar surface area (TPSA) is 70.2 Å². The number of anilines is 1. The van der Waals surface area contributed by atoms with Crippen molar-refractivity contribution in [3.05, 3.63) is 30.3 Å². The number of hydrogen-bond donors (Lipinski definition) is 3. The maximum atomic E-state index is 12.9. The van der Waals surface area contributed by atoms with Crippen LogP contribution in [-0.4, -0.2) is 36.9 Å². The maximum absolute atomic E-state index is 12.9. The van der Waals surface area contributed by atoms with Gasteiger partial charge in [0, 0.05) is 25.1 Å². The minimum absolute atomic E-state index is 0. The Kier molecular flexibility index (Phi) is 6.70. The first-order valence-corrected chi connectivity index (χ1v) is 6.70. The van der Waals surface area contributed by atoms with Crippen molar-refractivity contribution in [1.82, 2.24) is 10.6 Å². The van der Waals surface area contributed by atoms with E-state index in [-0.39, 0.29) is 31.3 Å². The standard InChI is InChI=1S/C14H17F2N3O2.ClH/c15-14(16)8-11(18-9-14)13(21)17-7-6-12(20)19-10-4-2-1-3-5-10;/h1-5,11,18H,6-9H2,(H,17,21)(H,19,20);1H. The van der Waals surface area contributed by atoms with Crippen molar-refractivity contribution in [1.29, 1.82) is 0 Å². The first-order chi connectivity index (χ1) is 9.96. The zero-order chi connectivity index (χ0) is 15.3. The third kappa shape index (κ3) is 5.57. The highest BCUT2D eigenvalue weighted by Crippen LogP contribution is 2.24. The van der Waals surface area contributed by atoms with Crippen molar-refractivity contribution in [2.24, 2.45) is 0 Å². The summed E-state index contributed by atoms with van der Waals surface area (Å²) in [4.78, 5) is 23.3. The number of halogens is 3. The molecule has 1 aliphatic heterocycles. The number of benzene rings is 1. The smallest absolute Gasteiger partial charge is 0.262 e. The largest absolute Gasteiger partial charge is 0.354 e. The molecule has 0 bridgehead atoms. The quantitative estimate of drug-likeness (QED) is 0.765. The fraction of sp³-hybridized carbons (Fsp3) is 0.429. The first-order valence-electron chi connectivity index (χ1n) is 6.70. The van der Waals surface area contributed by atoms with Gasteiger partial charge in [-0.05, 0) is 12.1 Å². The monoisotopic (exact) mass is 333 g/mol.